The van der Waals surface area contributed by atoms with Crippen molar-refractivity contribution < 1.29 is 24.4 Å². The Bertz CT molecular complexity index is 775. The monoisotopic (exact) mass is 316 g/mol. The zero-order valence-corrected chi connectivity index (χ0v) is 11.8. The summed E-state index contributed by atoms with van der Waals surface area (Å²) in [5.41, 5.74) is -1.21. The second kappa shape index (κ2) is 4.46. The van der Waals surface area contributed by atoms with Crippen LogP contribution in [-0.2, 0) is 14.3 Å². The number of aliphatic hydroxyl groups excluding tert-OH is 1. The standard InChI is InChI=1S/C15H12N2O6/c18-7-15-5-4-10(23-15)11-12(15)14(20)16(13(11)19)8-2-1-3-9(6-8)17(21)22/h1-6,10-12,18H,7H2/t10-,11-,12-,15+/m0/s1. The topological polar surface area (TPSA) is 110 Å². The van der Waals surface area contributed by atoms with E-state index in [4.69, 9.17) is 4.74 Å². The van der Waals surface area contributed by atoms with Crippen molar-refractivity contribution in [2.24, 2.45) is 11.8 Å². The van der Waals surface area contributed by atoms with E-state index in [1.165, 1.54) is 24.3 Å². The molecule has 2 bridgehead atoms. The van der Waals surface area contributed by atoms with Crippen LogP contribution in [0.3, 0.4) is 0 Å². The highest BCUT2D eigenvalue weighted by atomic mass is 16.6. The van der Waals surface area contributed by atoms with Gasteiger partial charge in [-0.05, 0) is 6.07 Å². The molecule has 3 aliphatic heterocycles. The fourth-order valence-corrected chi connectivity index (χ4v) is 3.68. The Labute approximate surface area is 130 Å². The fourth-order valence-electron chi connectivity index (χ4n) is 3.68. The van der Waals surface area contributed by atoms with Gasteiger partial charge in [0.1, 0.15) is 5.60 Å². The van der Waals surface area contributed by atoms with Gasteiger partial charge in [-0.3, -0.25) is 19.7 Å². The molecule has 0 unspecified atom stereocenters. The number of hydrogen-bond acceptors (Lipinski definition) is 6. The second-order valence-electron chi connectivity index (χ2n) is 5.85. The van der Waals surface area contributed by atoms with Gasteiger partial charge in [0.05, 0.1) is 35.2 Å². The van der Waals surface area contributed by atoms with Crippen molar-refractivity contribution in [1.29, 1.82) is 0 Å². The summed E-state index contributed by atoms with van der Waals surface area (Å²) < 4.78 is 5.63. The van der Waals surface area contributed by atoms with Gasteiger partial charge in [-0.15, -0.1) is 0 Å². The number of nitro groups is 1. The molecular weight excluding hydrogens is 304 g/mol. The lowest BCUT2D eigenvalue weighted by molar-refractivity contribution is -0.384. The Morgan fingerprint density at radius 3 is 2.83 bits per heavy atom. The van der Waals surface area contributed by atoms with Gasteiger partial charge in [0, 0.05) is 12.1 Å². The molecule has 118 valence electrons. The van der Waals surface area contributed by atoms with Crippen molar-refractivity contribution in [3.05, 3.63) is 46.5 Å². The maximum atomic E-state index is 12.7. The van der Waals surface area contributed by atoms with E-state index in [0.717, 1.165) is 4.90 Å². The van der Waals surface area contributed by atoms with Crippen molar-refractivity contribution in [2.75, 3.05) is 11.5 Å². The van der Waals surface area contributed by atoms with Crippen LogP contribution < -0.4 is 4.90 Å². The molecule has 0 aromatic heterocycles. The maximum Gasteiger partial charge on any atom is 0.271 e. The molecule has 0 radical (unpaired) electrons. The lowest BCUT2D eigenvalue weighted by atomic mass is 9.77. The van der Waals surface area contributed by atoms with Crippen molar-refractivity contribution >= 4 is 23.2 Å². The molecule has 0 aliphatic carbocycles. The number of aliphatic hydroxyl groups is 1. The third kappa shape index (κ3) is 1.67. The zero-order chi connectivity index (χ0) is 16.4. The predicted molar refractivity (Wildman–Crippen MR) is 76.4 cm³/mol. The minimum atomic E-state index is -1.17. The highest BCUT2D eigenvalue weighted by Crippen LogP contribution is 2.52. The predicted octanol–water partition coefficient (Wildman–Crippen LogP) is 0.400. The highest BCUT2D eigenvalue weighted by Gasteiger charge is 2.67. The molecule has 23 heavy (non-hydrogen) atoms. The molecule has 4 atom stereocenters. The van der Waals surface area contributed by atoms with E-state index >= 15 is 0 Å². The van der Waals surface area contributed by atoms with Gasteiger partial charge in [-0.25, -0.2) is 4.90 Å². The number of fused-ring (bicyclic) bond motifs is 5. The van der Waals surface area contributed by atoms with Crippen molar-refractivity contribution in [3.63, 3.8) is 0 Å². The molecule has 1 aromatic rings. The summed E-state index contributed by atoms with van der Waals surface area (Å²) in [6.45, 7) is -0.400. The number of nitrogens with zero attached hydrogens (tertiary/aromatic N) is 2. The van der Waals surface area contributed by atoms with E-state index in [1.807, 2.05) is 0 Å². The number of carbonyl (C=O) groups is 2. The first-order valence-electron chi connectivity index (χ1n) is 7.09. The first kappa shape index (κ1) is 14.0. The Morgan fingerprint density at radius 2 is 2.13 bits per heavy atom. The van der Waals surface area contributed by atoms with Crippen molar-refractivity contribution in [1.82, 2.24) is 0 Å². The van der Waals surface area contributed by atoms with Crippen LogP contribution in [0.25, 0.3) is 0 Å². The number of hydrogen-bond donors (Lipinski definition) is 1. The molecule has 2 saturated heterocycles. The van der Waals surface area contributed by atoms with Crippen molar-refractivity contribution in [3.8, 4) is 0 Å². The van der Waals surface area contributed by atoms with Gasteiger partial charge in [-0.1, -0.05) is 18.2 Å². The number of carbonyl (C=O) groups excluding carboxylic acids is 2. The summed E-state index contributed by atoms with van der Waals surface area (Å²) in [7, 11) is 0. The van der Waals surface area contributed by atoms with Gasteiger partial charge < -0.3 is 9.84 Å². The van der Waals surface area contributed by atoms with E-state index in [-0.39, 0.29) is 11.4 Å². The Morgan fingerprint density at radius 1 is 1.35 bits per heavy atom. The normalized spacial score (nSPS) is 34.3. The molecule has 2 fully saturated rings. The first-order chi connectivity index (χ1) is 11.0. The van der Waals surface area contributed by atoms with Gasteiger partial charge >= 0.3 is 0 Å². The fraction of sp³-hybridized carbons (Fsp3) is 0.333. The highest BCUT2D eigenvalue weighted by molar-refractivity contribution is 6.23. The Hall–Kier alpha value is -2.58. The molecule has 2 amide bonds. The zero-order valence-electron chi connectivity index (χ0n) is 11.8. The summed E-state index contributed by atoms with van der Waals surface area (Å²) in [5, 5.41) is 20.5. The Kier molecular flexibility index (Phi) is 2.72. The molecule has 1 N–H and O–H groups in total. The minimum Gasteiger partial charge on any atom is -0.393 e. The molecule has 3 aliphatic rings. The number of amides is 2. The number of rotatable bonds is 3. The molecule has 3 heterocycles. The Balaban J connectivity index is 1.76. The molecule has 8 nitrogen and oxygen atoms in total. The van der Waals surface area contributed by atoms with Crippen molar-refractivity contribution in [2.45, 2.75) is 11.7 Å². The molecule has 0 saturated carbocycles. The van der Waals surface area contributed by atoms with E-state index < -0.39 is 46.9 Å². The molecule has 0 spiro atoms. The van der Waals surface area contributed by atoms with Crippen LogP contribution >= 0.6 is 0 Å². The van der Waals surface area contributed by atoms with E-state index in [9.17, 15) is 24.8 Å². The smallest absolute Gasteiger partial charge is 0.271 e. The van der Waals surface area contributed by atoms with E-state index in [2.05, 4.69) is 0 Å². The van der Waals surface area contributed by atoms with Crippen LogP contribution in [0.5, 0.6) is 0 Å². The number of ether oxygens (including phenoxy) is 1. The average molecular weight is 316 g/mol. The maximum absolute atomic E-state index is 12.7. The SMILES string of the molecule is O=C1[C@H]2[C@@H]3C=C[C@](CO)(O3)[C@@H]2C(=O)N1c1cccc([N+](=O)[O-])c1. The van der Waals surface area contributed by atoms with Gasteiger partial charge in [0.2, 0.25) is 11.8 Å². The number of benzene rings is 1. The van der Waals surface area contributed by atoms with E-state index in [0.29, 0.717) is 0 Å². The quantitative estimate of drug-likeness (QED) is 0.374. The van der Waals surface area contributed by atoms with Gasteiger partial charge in [0.25, 0.3) is 5.69 Å². The molecule has 4 rings (SSSR count). The lowest BCUT2D eigenvalue weighted by Gasteiger charge is -2.26. The first-order valence-corrected chi connectivity index (χ1v) is 7.09. The summed E-state index contributed by atoms with van der Waals surface area (Å²) in [4.78, 5) is 36.7. The van der Waals surface area contributed by atoms with Crippen LogP contribution in [0.1, 0.15) is 0 Å². The summed E-state index contributed by atoms with van der Waals surface area (Å²) >= 11 is 0. The largest absolute Gasteiger partial charge is 0.393 e. The van der Waals surface area contributed by atoms with Crippen LogP contribution in [0.2, 0.25) is 0 Å². The van der Waals surface area contributed by atoms with Crippen LogP contribution in [0.4, 0.5) is 11.4 Å². The summed E-state index contributed by atoms with van der Waals surface area (Å²) in [5.74, 6) is -2.44. The third-order valence-corrected chi connectivity index (χ3v) is 4.70. The minimum absolute atomic E-state index is 0.163. The van der Waals surface area contributed by atoms with Crippen LogP contribution in [-0.4, -0.2) is 40.2 Å². The molecular formula is C15H12N2O6. The lowest BCUT2D eigenvalue weighted by Crippen LogP contribution is -2.43. The van der Waals surface area contributed by atoms with Gasteiger partial charge in [-0.2, -0.15) is 0 Å². The number of non-ortho nitro benzene ring substituents is 1. The summed E-state index contributed by atoms with van der Waals surface area (Å²) in [6.07, 6.45) is 2.76. The number of nitro benzene ring substituents is 1. The van der Waals surface area contributed by atoms with Gasteiger partial charge in [0.15, 0.2) is 0 Å². The second-order valence-corrected chi connectivity index (χ2v) is 5.85. The van der Waals surface area contributed by atoms with Crippen LogP contribution in [0.15, 0.2) is 36.4 Å². The van der Waals surface area contributed by atoms with E-state index in [1.54, 1.807) is 12.2 Å². The number of imide groups is 1. The molecule has 8 heteroatoms. The van der Waals surface area contributed by atoms with Crippen LogP contribution in [0, 0.1) is 22.0 Å². The molecule has 1 aromatic carbocycles. The third-order valence-electron chi connectivity index (χ3n) is 4.70. The average Bonchev–Trinajstić information content (AvgIpc) is 3.18. The summed E-state index contributed by atoms with van der Waals surface area (Å²) in [6, 6.07) is 5.39. The number of anilines is 1.